The van der Waals surface area contributed by atoms with E-state index in [2.05, 4.69) is 6.92 Å². The molecule has 0 aliphatic rings. The van der Waals surface area contributed by atoms with E-state index >= 15 is 0 Å². The van der Waals surface area contributed by atoms with Gasteiger partial charge in [-0.2, -0.15) is 13.2 Å². The van der Waals surface area contributed by atoms with Gasteiger partial charge in [0.1, 0.15) is 5.75 Å². The summed E-state index contributed by atoms with van der Waals surface area (Å²) >= 11 is 0. The Morgan fingerprint density at radius 2 is 1.32 bits per heavy atom. The summed E-state index contributed by atoms with van der Waals surface area (Å²) in [6.07, 6.45) is 7.54. The Hall–Kier alpha value is -1.52. The van der Waals surface area contributed by atoms with Crippen LogP contribution >= 0.6 is 0 Å². The number of halogens is 3. The summed E-state index contributed by atoms with van der Waals surface area (Å²) in [6, 6.07) is 5.14. The second-order valence-electron chi connectivity index (χ2n) is 6.38. The smallest absolute Gasteiger partial charge is 0.454 e. The monoisotopic (exact) mass is 358 g/mol. The lowest BCUT2D eigenvalue weighted by atomic mass is 10.1. The fraction of sp³-hybridized carbons (Fsp3) is 0.650. The number of ketones is 1. The lowest BCUT2D eigenvalue weighted by molar-refractivity contribution is -0.0885. The van der Waals surface area contributed by atoms with Crippen molar-refractivity contribution >= 4 is 5.78 Å². The first-order chi connectivity index (χ1) is 11.9. The molecule has 0 spiro atoms. The van der Waals surface area contributed by atoms with Crippen molar-refractivity contribution in [2.45, 2.75) is 77.3 Å². The van der Waals surface area contributed by atoms with Crippen LogP contribution in [0.1, 0.15) is 81.5 Å². The Labute approximate surface area is 148 Å². The molecule has 2 nitrogen and oxygen atoms in total. The number of benzene rings is 1. The van der Waals surface area contributed by atoms with E-state index in [4.69, 9.17) is 4.74 Å². The number of hydrogen-bond acceptors (Lipinski definition) is 2. The van der Waals surface area contributed by atoms with E-state index < -0.39 is 12.0 Å². The van der Waals surface area contributed by atoms with E-state index in [0.717, 1.165) is 25.0 Å². The number of rotatable bonds is 13. The van der Waals surface area contributed by atoms with Crippen molar-refractivity contribution in [3.63, 3.8) is 0 Å². The van der Waals surface area contributed by atoms with Crippen LogP contribution in [0.4, 0.5) is 13.2 Å². The Balaban J connectivity index is 2.08. The molecule has 0 radical (unpaired) electrons. The molecule has 0 aliphatic heterocycles. The predicted molar refractivity (Wildman–Crippen MR) is 94.2 cm³/mol. The average Bonchev–Trinajstić information content (AvgIpc) is 2.59. The molecular formula is C20H29F3O2. The van der Waals surface area contributed by atoms with E-state index in [-0.39, 0.29) is 5.56 Å². The highest BCUT2D eigenvalue weighted by Crippen LogP contribution is 2.23. The van der Waals surface area contributed by atoms with Gasteiger partial charge in [0, 0.05) is 5.56 Å². The summed E-state index contributed by atoms with van der Waals surface area (Å²) in [6.45, 7) is 2.77. The fourth-order valence-corrected chi connectivity index (χ4v) is 2.65. The number of carbonyl (C=O) groups excluding carboxylic acids is 1. The van der Waals surface area contributed by atoms with Crippen molar-refractivity contribution in [2.75, 3.05) is 6.61 Å². The highest BCUT2D eigenvalue weighted by Gasteiger charge is 2.39. The van der Waals surface area contributed by atoms with Crippen molar-refractivity contribution in [3.8, 4) is 5.75 Å². The molecule has 5 heteroatoms. The second kappa shape index (κ2) is 11.9. The van der Waals surface area contributed by atoms with Crippen LogP contribution in [-0.2, 0) is 0 Å². The summed E-state index contributed by atoms with van der Waals surface area (Å²) < 4.78 is 42.4. The number of alkyl halides is 3. The summed E-state index contributed by atoms with van der Waals surface area (Å²) in [4.78, 5) is 11.1. The van der Waals surface area contributed by atoms with Crippen LogP contribution < -0.4 is 4.74 Å². The predicted octanol–water partition coefficient (Wildman–Crippen LogP) is 6.73. The highest BCUT2D eigenvalue weighted by molar-refractivity contribution is 6.00. The Morgan fingerprint density at radius 1 is 0.840 bits per heavy atom. The first-order valence-corrected chi connectivity index (χ1v) is 9.29. The van der Waals surface area contributed by atoms with Gasteiger partial charge in [0.05, 0.1) is 6.61 Å². The van der Waals surface area contributed by atoms with E-state index in [9.17, 15) is 18.0 Å². The number of ether oxygens (including phenoxy) is 1. The quantitative estimate of drug-likeness (QED) is 0.288. The minimum absolute atomic E-state index is 0.362. The van der Waals surface area contributed by atoms with Gasteiger partial charge >= 0.3 is 6.18 Å². The van der Waals surface area contributed by atoms with Crippen molar-refractivity contribution < 1.29 is 22.7 Å². The van der Waals surface area contributed by atoms with Gasteiger partial charge in [0.15, 0.2) is 0 Å². The van der Waals surface area contributed by atoms with Gasteiger partial charge in [-0.25, -0.2) is 0 Å². The van der Waals surface area contributed by atoms with Gasteiger partial charge in [-0.15, -0.1) is 0 Å². The van der Waals surface area contributed by atoms with Crippen LogP contribution in [0, 0.1) is 0 Å². The Bertz CT molecular complexity index is 481. The third kappa shape index (κ3) is 9.51. The molecule has 0 saturated heterocycles. The van der Waals surface area contributed by atoms with Gasteiger partial charge < -0.3 is 4.74 Å². The third-order valence-corrected chi connectivity index (χ3v) is 4.14. The molecule has 0 unspecified atom stereocenters. The molecule has 0 saturated carbocycles. The zero-order valence-corrected chi connectivity index (χ0v) is 15.0. The average molecular weight is 358 g/mol. The van der Waals surface area contributed by atoms with Crippen molar-refractivity contribution in [3.05, 3.63) is 29.8 Å². The van der Waals surface area contributed by atoms with Gasteiger partial charge in [-0.05, 0) is 30.7 Å². The molecule has 0 fully saturated rings. The van der Waals surface area contributed by atoms with Gasteiger partial charge in [0.25, 0.3) is 5.78 Å². The summed E-state index contributed by atoms with van der Waals surface area (Å²) in [5, 5.41) is 0. The Kier molecular flexibility index (Phi) is 10.3. The lowest BCUT2D eigenvalue weighted by Crippen LogP contribution is -2.22. The molecule has 0 N–H and O–H groups in total. The largest absolute Gasteiger partial charge is 0.494 e. The maximum atomic E-state index is 12.3. The van der Waals surface area contributed by atoms with E-state index in [0.29, 0.717) is 12.4 Å². The molecule has 0 atom stereocenters. The first kappa shape index (κ1) is 21.5. The van der Waals surface area contributed by atoms with Gasteiger partial charge in [0.2, 0.25) is 0 Å². The summed E-state index contributed by atoms with van der Waals surface area (Å²) in [7, 11) is 0. The zero-order valence-electron chi connectivity index (χ0n) is 15.0. The van der Waals surface area contributed by atoms with Crippen LogP contribution in [0.15, 0.2) is 24.3 Å². The molecule has 0 aliphatic carbocycles. The van der Waals surface area contributed by atoms with E-state index in [1.165, 1.54) is 63.5 Å². The van der Waals surface area contributed by atoms with Crippen LogP contribution in [0.5, 0.6) is 5.75 Å². The van der Waals surface area contributed by atoms with E-state index in [1.54, 1.807) is 0 Å². The number of hydrogen-bond donors (Lipinski definition) is 0. The van der Waals surface area contributed by atoms with Crippen molar-refractivity contribution in [1.29, 1.82) is 0 Å². The molecule has 0 aromatic heterocycles. The van der Waals surface area contributed by atoms with Crippen LogP contribution in [0.3, 0.4) is 0 Å². The molecule has 0 amide bonds. The van der Waals surface area contributed by atoms with Crippen LogP contribution in [0.2, 0.25) is 0 Å². The molecular weight excluding hydrogens is 329 g/mol. The minimum atomic E-state index is -4.83. The fourth-order valence-electron chi connectivity index (χ4n) is 2.65. The number of carbonyl (C=O) groups is 1. The molecule has 25 heavy (non-hydrogen) atoms. The summed E-state index contributed by atoms with van der Waals surface area (Å²) in [5.74, 6) is -1.33. The van der Waals surface area contributed by atoms with Crippen LogP contribution in [0.25, 0.3) is 0 Å². The van der Waals surface area contributed by atoms with Gasteiger partial charge in [-0.3, -0.25) is 4.79 Å². The zero-order chi connectivity index (χ0) is 18.5. The molecule has 0 bridgehead atoms. The standard InChI is InChI=1S/C20H29F3O2/c1-2-3-4-5-6-7-8-9-10-11-16-25-18-14-12-17(13-15-18)19(24)20(21,22)23/h12-15H,2-11,16H2,1H3. The second-order valence-corrected chi connectivity index (χ2v) is 6.38. The van der Waals surface area contributed by atoms with E-state index in [1.807, 2.05) is 0 Å². The first-order valence-electron chi connectivity index (χ1n) is 9.29. The lowest BCUT2D eigenvalue weighted by Gasteiger charge is -2.08. The van der Waals surface area contributed by atoms with Crippen molar-refractivity contribution in [2.24, 2.45) is 0 Å². The van der Waals surface area contributed by atoms with Crippen molar-refractivity contribution in [1.82, 2.24) is 0 Å². The normalized spacial score (nSPS) is 11.5. The molecule has 142 valence electrons. The minimum Gasteiger partial charge on any atom is -0.494 e. The maximum absolute atomic E-state index is 12.3. The molecule has 1 aromatic carbocycles. The SMILES string of the molecule is CCCCCCCCCCCCOc1ccc(C(=O)C(F)(F)F)cc1. The molecule has 0 heterocycles. The third-order valence-electron chi connectivity index (χ3n) is 4.14. The molecule has 1 aromatic rings. The van der Waals surface area contributed by atoms with Gasteiger partial charge in [-0.1, -0.05) is 64.7 Å². The number of unbranched alkanes of at least 4 members (excludes halogenated alkanes) is 9. The number of Topliss-reactive ketones (excluding diaryl/α,β-unsaturated/α-hetero) is 1. The highest BCUT2D eigenvalue weighted by atomic mass is 19.4. The van der Waals surface area contributed by atoms with Crippen LogP contribution in [-0.4, -0.2) is 18.6 Å². The summed E-state index contributed by atoms with van der Waals surface area (Å²) in [5.41, 5.74) is -0.362. The maximum Gasteiger partial charge on any atom is 0.454 e. The Morgan fingerprint density at radius 3 is 1.80 bits per heavy atom. The topological polar surface area (TPSA) is 26.3 Å². The molecule has 1 rings (SSSR count).